The highest BCUT2D eigenvalue weighted by atomic mass is 32.1. The van der Waals surface area contributed by atoms with Gasteiger partial charge in [-0.25, -0.2) is 9.29 Å². The molecular weight excluding hydrogens is 425 g/mol. The molecule has 2 amide bonds. The molecule has 0 bridgehead atoms. The fourth-order valence-corrected chi connectivity index (χ4v) is 4.07. The van der Waals surface area contributed by atoms with Gasteiger partial charge in [-0.2, -0.15) is 0 Å². The van der Waals surface area contributed by atoms with Crippen LogP contribution in [0, 0.1) is 5.82 Å². The Morgan fingerprint density at radius 3 is 2.25 bits per heavy atom. The molecule has 0 unspecified atom stereocenters. The van der Waals surface area contributed by atoms with Gasteiger partial charge in [-0.05, 0) is 60.6 Å². The number of amides is 2. The van der Waals surface area contributed by atoms with E-state index in [0.717, 1.165) is 16.2 Å². The molecule has 0 spiro atoms. The maximum Gasteiger partial charge on any atom is 0.257 e. The molecular formula is C25H22FN3O2S. The average Bonchev–Trinajstić information content (AvgIpc) is 3.09. The Kier molecular flexibility index (Phi) is 6.56. The van der Waals surface area contributed by atoms with E-state index in [1.54, 1.807) is 4.90 Å². The third-order valence-corrected chi connectivity index (χ3v) is 5.69. The fourth-order valence-electron chi connectivity index (χ4n) is 3.73. The topological polar surface area (TPSA) is 52.7 Å². The molecule has 32 heavy (non-hydrogen) atoms. The third-order valence-electron chi connectivity index (χ3n) is 5.35. The molecule has 1 atom stereocenters. The molecule has 0 radical (unpaired) electrons. The number of carbonyl (C=O) groups is 2. The van der Waals surface area contributed by atoms with Crippen molar-refractivity contribution in [3.05, 3.63) is 96.3 Å². The number of nitrogens with zero attached hydrogens (tertiary/aromatic N) is 2. The van der Waals surface area contributed by atoms with Crippen LogP contribution in [-0.4, -0.2) is 34.4 Å². The lowest BCUT2D eigenvalue weighted by Gasteiger charge is -2.30. The Labute approximate surface area is 191 Å². The summed E-state index contributed by atoms with van der Waals surface area (Å²) >= 11 is 5.66. The third kappa shape index (κ3) is 4.84. The van der Waals surface area contributed by atoms with E-state index >= 15 is 0 Å². The quantitative estimate of drug-likeness (QED) is 0.448. The SMILES string of the molecule is O=C1C[C@H](N(CCc2ccccc2)C(=S)Nc2ccccc2)C(=O)N1c1ccc(F)cc1. The van der Waals surface area contributed by atoms with Gasteiger partial charge in [0.05, 0.1) is 12.1 Å². The smallest absolute Gasteiger partial charge is 0.257 e. The lowest BCUT2D eigenvalue weighted by Crippen LogP contribution is -2.48. The Balaban J connectivity index is 1.58. The number of hydrogen-bond acceptors (Lipinski definition) is 3. The fraction of sp³-hybridized carbons (Fsp3) is 0.160. The lowest BCUT2D eigenvalue weighted by atomic mass is 10.1. The number of hydrogen-bond donors (Lipinski definition) is 1. The van der Waals surface area contributed by atoms with Gasteiger partial charge < -0.3 is 10.2 Å². The summed E-state index contributed by atoms with van der Waals surface area (Å²) in [4.78, 5) is 28.9. The molecule has 1 heterocycles. The number of anilines is 2. The highest BCUT2D eigenvalue weighted by Gasteiger charge is 2.43. The number of rotatable bonds is 6. The first-order chi connectivity index (χ1) is 15.5. The van der Waals surface area contributed by atoms with Gasteiger partial charge in [0.15, 0.2) is 5.11 Å². The van der Waals surface area contributed by atoms with Crippen LogP contribution in [0.15, 0.2) is 84.9 Å². The first-order valence-electron chi connectivity index (χ1n) is 10.3. The summed E-state index contributed by atoms with van der Waals surface area (Å²) in [5, 5.41) is 3.55. The molecule has 7 heteroatoms. The number of nitrogens with one attached hydrogen (secondary N) is 1. The molecule has 1 fully saturated rings. The van der Waals surface area contributed by atoms with Gasteiger partial charge >= 0.3 is 0 Å². The first-order valence-corrected chi connectivity index (χ1v) is 10.7. The average molecular weight is 448 g/mol. The molecule has 1 aliphatic heterocycles. The van der Waals surface area contributed by atoms with Crippen molar-refractivity contribution in [1.29, 1.82) is 0 Å². The van der Waals surface area contributed by atoms with Crippen LogP contribution in [0.4, 0.5) is 15.8 Å². The molecule has 3 aromatic rings. The summed E-state index contributed by atoms with van der Waals surface area (Å²) < 4.78 is 13.3. The van der Waals surface area contributed by atoms with Gasteiger partial charge in [-0.3, -0.25) is 9.59 Å². The van der Waals surface area contributed by atoms with Crippen LogP contribution in [0.5, 0.6) is 0 Å². The Bertz CT molecular complexity index is 1110. The van der Waals surface area contributed by atoms with E-state index in [1.165, 1.54) is 24.3 Å². The van der Waals surface area contributed by atoms with E-state index in [4.69, 9.17) is 12.2 Å². The summed E-state index contributed by atoms with van der Waals surface area (Å²) in [5.41, 5.74) is 2.26. The maximum atomic E-state index is 13.3. The summed E-state index contributed by atoms with van der Waals surface area (Å²) in [6, 6.07) is 23.9. The largest absolute Gasteiger partial charge is 0.336 e. The van der Waals surface area contributed by atoms with Crippen molar-refractivity contribution >= 4 is 40.5 Å². The van der Waals surface area contributed by atoms with Crippen LogP contribution in [0.2, 0.25) is 0 Å². The molecule has 4 rings (SSSR count). The van der Waals surface area contributed by atoms with E-state index < -0.39 is 11.9 Å². The Morgan fingerprint density at radius 1 is 0.969 bits per heavy atom. The van der Waals surface area contributed by atoms with Crippen LogP contribution in [0.1, 0.15) is 12.0 Å². The zero-order valence-electron chi connectivity index (χ0n) is 17.3. The van der Waals surface area contributed by atoms with E-state index in [-0.39, 0.29) is 18.2 Å². The number of para-hydroxylation sites is 1. The highest BCUT2D eigenvalue weighted by Crippen LogP contribution is 2.27. The van der Waals surface area contributed by atoms with E-state index in [2.05, 4.69) is 5.32 Å². The van der Waals surface area contributed by atoms with E-state index in [9.17, 15) is 14.0 Å². The zero-order chi connectivity index (χ0) is 22.5. The Hall–Kier alpha value is -3.58. The van der Waals surface area contributed by atoms with Crippen LogP contribution < -0.4 is 10.2 Å². The number of benzene rings is 3. The molecule has 1 aliphatic rings. The van der Waals surface area contributed by atoms with E-state index in [1.807, 2.05) is 60.7 Å². The van der Waals surface area contributed by atoms with Crippen molar-refractivity contribution < 1.29 is 14.0 Å². The number of imide groups is 1. The maximum absolute atomic E-state index is 13.3. The van der Waals surface area contributed by atoms with Crippen molar-refractivity contribution in [3.63, 3.8) is 0 Å². The minimum Gasteiger partial charge on any atom is -0.336 e. The molecule has 0 aromatic heterocycles. The summed E-state index contributed by atoms with van der Waals surface area (Å²) in [7, 11) is 0. The molecule has 3 aromatic carbocycles. The molecule has 1 N–H and O–H groups in total. The Morgan fingerprint density at radius 2 is 1.59 bits per heavy atom. The van der Waals surface area contributed by atoms with Gasteiger partial charge in [0, 0.05) is 12.2 Å². The van der Waals surface area contributed by atoms with Crippen molar-refractivity contribution in [3.8, 4) is 0 Å². The zero-order valence-corrected chi connectivity index (χ0v) is 18.1. The minimum atomic E-state index is -0.736. The van der Waals surface area contributed by atoms with E-state index in [0.29, 0.717) is 23.8 Å². The van der Waals surface area contributed by atoms with Gasteiger partial charge in [-0.15, -0.1) is 0 Å². The second-order valence-electron chi connectivity index (χ2n) is 7.49. The molecule has 1 saturated heterocycles. The van der Waals surface area contributed by atoms with Crippen LogP contribution in [-0.2, 0) is 16.0 Å². The number of carbonyl (C=O) groups excluding carboxylic acids is 2. The van der Waals surface area contributed by atoms with Gasteiger partial charge in [0.2, 0.25) is 5.91 Å². The van der Waals surface area contributed by atoms with Gasteiger partial charge in [0.25, 0.3) is 5.91 Å². The monoisotopic (exact) mass is 447 g/mol. The van der Waals surface area contributed by atoms with Crippen LogP contribution >= 0.6 is 12.2 Å². The summed E-state index contributed by atoms with van der Waals surface area (Å²) in [6.07, 6.45) is 0.660. The molecule has 5 nitrogen and oxygen atoms in total. The van der Waals surface area contributed by atoms with Crippen LogP contribution in [0.25, 0.3) is 0 Å². The minimum absolute atomic E-state index is 0.00160. The van der Waals surface area contributed by atoms with Crippen molar-refractivity contribution in [2.45, 2.75) is 18.9 Å². The van der Waals surface area contributed by atoms with Crippen molar-refractivity contribution in [2.24, 2.45) is 0 Å². The molecule has 162 valence electrons. The second kappa shape index (κ2) is 9.70. The normalized spacial score (nSPS) is 15.7. The summed E-state index contributed by atoms with van der Waals surface area (Å²) in [6.45, 7) is 0.462. The number of halogens is 1. The highest BCUT2D eigenvalue weighted by molar-refractivity contribution is 7.80. The predicted octanol–water partition coefficient (Wildman–Crippen LogP) is 4.40. The van der Waals surface area contributed by atoms with Gasteiger partial charge in [0.1, 0.15) is 11.9 Å². The number of thiocarbonyl (C=S) groups is 1. The van der Waals surface area contributed by atoms with Crippen molar-refractivity contribution in [1.82, 2.24) is 4.90 Å². The predicted molar refractivity (Wildman–Crippen MR) is 127 cm³/mol. The molecule has 0 saturated carbocycles. The second-order valence-corrected chi connectivity index (χ2v) is 7.88. The van der Waals surface area contributed by atoms with Crippen molar-refractivity contribution in [2.75, 3.05) is 16.8 Å². The lowest BCUT2D eigenvalue weighted by molar-refractivity contribution is -0.122. The molecule has 0 aliphatic carbocycles. The summed E-state index contributed by atoms with van der Waals surface area (Å²) in [5.74, 6) is -1.13. The standard InChI is InChI=1S/C25H22FN3O2S/c26-19-11-13-21(14-12-19)29-23(30)17-22(24(29)31)28(16-15-18-7-3-1-4-8-18)25(32)27-20-9-5-2-6-10-20/h1-14,22H,15-17H2,(H,27,32)/t22-/m0/s1. The first kappa shape index (κ1) is 21.6. The van der Waals surface area contributed by atoms with Crippen LogP contribution in [0.3, 0.4) is 0 Å². The van der Waals surface area contributed by atoms with Gasteiger partial charge in [-0.1, -0.05) is 48.5 Å².